The van der Waals surface area contributed by atoms with Crippen LogP contribution in [0.4, 0.5) is 0 Å². The van der Waals surface area contributed by atoms with Gasteiger partial charge >= 0.3 is 0 Å². The number of para-hydroxylation sites is 1. The molecule has 0 aliphatic rings. The molecule has 2 rings (SSSR count). The highest BCUT2D eigenvalue weighted by molar-refractivity contribution is 5.76. The van der Waals surface area contributed by atoms with E-state index in [1.54, 1.807) is 21.3 Å². The summed E-state index contributed by atoms with van der Waals surface area (Å²) >= 11 is 0. The average Bonchev–Trinajstić information content (AvgIpc) is 2.66. The lowest BCUT2D eigenvalue weighted by atomic mass is 10.1. The van der Waals surface area contributed by atoms with Crippen molar-refractivity contribution in [1.29, 1.82) is 0 Å². The van der Waals surface area contributed by atoms with Crippen molar-refractivity contribution >= 4 is 5.91 Å². The van der Waals surface area contributed by atoms with Crippen molar-refractivity contribution in [3.05, 3.63) is 53.6 Å². The number of aryl methyl sites for hydroxylation is 1. The molecule has 0 spiro atoms. The van der Waals surface area contributed by atoms with Gasteiger partial charge in [0.15, 0.2) is 0 Å². The van der Waals surface area contributed by atoms with E-state index in [1.807, 2.05) is 42.5 Å². The van der Waals surface area contributed by atoms with Gasteiger partial charge in [-0.15, -0.1) is 0 Å². The third kappa shape index (κ3) is 5.41. The fourth-order valence-corrected chi connectivity index (χ4v) is 2.66. The van der Waals surface area contributed by atoms with Crippen molar-refractivity contribution < 1.29 is 19.0 Å². The Hall–Kier alpha value is -2.69. The van der Waals surface area contributed by atoms with Crippen molar-refractivity contribution in [1.82, 2.24) is 5.32 Å². The highest BCUT2D eigenvalue weighted by Gasteiger charge is 2.09. The Balaban J connectivity index is 1.83. The van der Waals surface area contributed by atoms with Crippen molar-refractivity contribution in [3.63, 3.8) is 0 Å². The molecule has 0 fully saturated rings. The minimum Gasteiger partial charge on any atom is -0.497 e. The van der Waals surface area contributed by atoms with Gasteiger partial charge in [0.25, 0.3) is 0 Å². The van der Waals surface area contributed by atoms with Crippen LogP contribution in [0.2, 0.25) is 0 Å². The summed E-state index contributed by atoms with van der Waals surface area (Å²) in [6, 6.07) is 13.4. The number of carbonyl (C=O) groups excluding carboxylic acids is 1. The summed E-state index contributed by atoms with van der Waals surface area (Å²) in [6.07, 6.45) is 1.73. The molecule has 0 radical (unpaired) electrons. The molecule has 0 saturated carbocycles. The van der Waals surface area contributed by atoms with Gasteiger partial charge in [0.05, 0.1) is 21.3 Å². The average molecular weight is 343 g/mol. The van der Waals surface area contributed by atoms with E-state index in [2.05, 4.69) is 5.32 Å². The second-order valence-corrected chi connectivity index (χ2v) is 5.59. The molecule has 0 aliphatic heterocycles. The first-order chi connectivity index (χ1) is 12.2. The minimum absolute atomic E-state index is 0.0137. The molecule has 25 heavy (non-hydrogen) atoms. The summed E-state index contributed by atoms with van der Waals surface area (Å²) in [7, 11) is 4.90. The fourth-order valence-electron chi connectivity index (χ4n) is 2.66. The van der Waals surface area contributed by atoms with Crippen molar-refractivity contribution in [2.45, 2.75) is 19.3 Å². The predicted molar refractivity (Wildman–Crippen MR) is 97.6 cm³/mol. The largest absolute Gasteiger partial charge is 0.497 e. The van der Waals surface area contributed by atoms with Crippen LogP contribution in [0.3, 0.4) is 0 Å². The normalized spacial score (nSPS) is 10.2. The molecular formula is C20H25NO4. The SMILES string of the molecule is COc1ccc(OC)c(CCC(=O)NCCc2ccccc2OC)c1. The molecule has 0 aliphatic carbocycles. The van der Waals surface area contributed by atoms with E-state index in [1.165, 1.54) is 0 Å². The van der Waals surface area contributed by atoms with Crippen LogP contribution in [0.5, 0.6) is 17.2 Å². The van der Waals surface area contributed by atoms with Crippen LogP contribution in [0.25, 0.3) is 0 Å². The van der Waals surface area contributed by atoms with Gasteiger partial charge in [-0.05, 0) is 48.2 Å². The van der Waals surface area contributed by atoms with Gasteiger partial charge in [-0.1, -0.05) is 18.2 Å². The first-order valence-electron chi connectivity index (χ1n) is 8.27. The summed E-state index contributed by atoms with van der Waals surface area (Å²) in [5.74, 6) is 2.38. The molecular weight excluding hydrogens is 318 g/mol. The topological polar surface area (TPSA) is 56.8 Å². The monoisotopic (exact) mass is 343 g/mol. The van der Waals surface area contributed by atoms with E-state index in [0.717, 1.165) is 34.8 Å². The summed E-state index contributed by atoms with van der Waals surface area (Å²) < 4.78 is 15.9. The Kier molecular flexibility index (Phi) is 7.14. The quantitative estimate of drug-likeness (QED) is 0.760. The maximum atomic E-state index is 12.1. The lowest BCUT2D eigenvalue weighted by molar-refractivity contribution is -0.121. The van der Waals surface area contributed by atoms with Crippen LogP contribution < -0.4 is 19.5 Å². The van der Waals surface area contributed by atoms with Gasteiger partial charge in [-0.2, -0.15) is 0 Å². The molecule has 0 unspecified atom stereocenters. The zero-order valence-corrected chi connectivity index (χ0v) is 15.0. The fraction of sp³-hybridized carbons (Fsp3) is 0.350. The molecule has 1 amide bonds. The first-order valence-corrected chi connectivity index (χ1v) is 8.27. The van der Waals surface area contributed by atoms with Crippen LogP contribution in [0.1, 0.15) is 17.5 Å². The standard InChI is InChI=1S/C20H25NO4/c1-23-17-9-10-19(25-3)16(14-17)8-11-20(22)21-13-12-15-6-4-5-7-18(15)24-2/h4-7,9-10,14H,8,11-13H2,1-3H3,(H,21,22). The smallest absolute Gasteiger partial charge is 0.220 e. The molecule has 0 aromatic heterocycles. The van der Waals surface area contributed by atoms with Crippen molar-refractivity contribution in [2.75, 3.05) is 27.9 Å². The molecule has 0 atom stereocenters. The van der Waals surface area contributed by atoms with Gasteiger partial charge < -0.3 is 19.5 Å². The van der Waals surface area contributed by atoms with Crippen molar-refractivity contribution in [3.8, 4) is 17.2 Å². The number of carbonyl (C=O) groups is 1. The summed E-state index contributed by atoms with van der Waals surface area (Å²) in [5, 5.41) is 2.95. The molecule has 1 N–H and O–H groups in total. The molecule has 0 heterocycles. The lowest BCUT2D eigenvalue weighted by Gasteiger charge is -2.11. The van der Waals surface area contributed by atoms with Gasteiger partial charge in [-0.25, -0.2) is 0 Å². The molecule has 0 bridgehead atoms. The van der Waals surface area contributed by atoms with Gasteiger partial charge in [0, 0.05) is 13.0 Å². The number of ether oxygens (including phenoxy) is 3. The Bertz CT molecular complexity index is 700. The zero-order valence-electron chi connectivity index (χ0n) is 15.0. The van der Waals surface area contributed by atoms with Crippen LogP contribution in [-0.4, -0.2) is 33.8 Å². The van der Waals surface area contributed by atoms with E-state index >= 15 is 0 Å². The van der Waals surface area contributed by atoms with E-state index in [9.17, 15) is 4.79 Å². The van der Waals surface area contributed by atoms with E-state index < -0.39 is 0 Å². The van der Waals surface area contributed by atoms with Crippen LogP contribution in [0.15, 0.2) is 42.5 Å². The van der Waals surface area contributed by atoms with Crippen LogP contribution in [0, 0.1) is 0 Å². The third-order valence-electron chi connectivity index (χ3n) is 4.02. The summed E-state index contributed by atoms with van der Waals surface area (Å²) in [4.78, 5) is 12.1. The van der Waals surface area contributed by atoms with Crippen LogP contribution >= 0.6 is 0 Å². The Morgan fingerprint density at radius 2 is 1.60 bits per heavy atom. The second-order valence-electron chi connectivity index (χ2n) is 5.59. The number of methoxy groups -OCH3 is 3. The molecule has 5 nitrogen and oxygen atoms in total. The van der Waals surface area contributed by atoms with Gasteiger partial charge in [0.2, 0.25) is 5.91 Å². The Labute approximate surface area is 148 Å². The van der Waals surface area contributed by atoms with E-state index in [4.69, 9.17) is 14.2 Å². The highest BCUT2D eigenvalue weighted by Crippen LogP contribution is 2.25. The Morgan fingerprint density at radius 3 is 2.32 bits per heavy atom. The summed E-state index contributed by atoms with van der Waals surface area (Å²) in [6.45, 7) is 0.578. The van der Waals surface area contributed by atoms with E-state index in [0.29, 0.717) is 19.4 Å². The highest BCUT2D eigenvalue weighted by atomic mass is 16.5. The lowest BCUT2D eigenvalue weighted by Crippen LogP contribution is -2.26. The summed E-state index contributed by atoms with van der Waals surface area (Å²) in [5.41, 5.74) is 2.04. The number of benzene rings is 2. The van der Waals surface area contributed by atoms with E-state index in [-0.39, 0.29) is 5.91 Å². The predicted octanol–water partition coefficient (Wildman–Crippen LogP) is 3.00. The molecule has 2 aromatic carbocycles. The minimum atomic E-state index is 0.0137. The Morgan fingerprint density at radius 1 is 0.880 bits per heavy atom. The maximum absolute atomic E-state index is 12.1. The number of hydrogen-bond donors (Lipinski definition) is 1. The van der Waals surface area contributed by atoms with Crippen molar-refractivity contribution in [2.24, 2.45) is 0 Å². The van der Waals surface area contributed by atoms with Gasteiger partial charge in [-0.3, -0.25) is 4.79 Å². The molecule has 0 saturated heterocycles. The number of nitrogens with one attached hydrogen (secondary N) is 1. The number of hydrogen-bond acceptors (Lipinski definition) is 4. The van der Waals surface area contributed by atoms with Gasteiger partial charge in [0.1, 0.15) is 17.2 Å². The zero-order chi connectivity index (χ0) is 18.1. The molecule has 5 heteroatoms. The number of amides is 1. The first kappa shape index (κ1) is 18.6. The van der Waals surface area contributed by atoms with Crippen LogP contribution in [-0.2, 0) is 17.6 Å². The third-order valence-corrected chi connectivity index (χ3v) is 4.02. The molecule has 2 aromatic rings. The maximum Gasteiger partial charge on any atom is 0.220 e. The second kappa shape index (κ2) is 9.57. The molecule has 134 valence electrons. The number of rotatable bonds is 9.